The molecule has 0 unspecified atom stereocenters. The number of hydrogen-bond donors (Lipinski definition) is 2. The molecule has 0 aromatic carbocycles. The van der Waals surface area contributed by atoms with E-state index in [2.05, 4.69) is 15.4 Å². The smallest absolute Gasteiger partial charge is 0.310 e. The first-order valence-electron chi connectivity index (χ1n) is 7.50. The Balaban J connectivity index is 2.28. The van der Waals surface area contributed by atoms with Crippen LogP contribution in [0.25, 0.3) is 11.0 Å². The highest BCUT2D eigenvalue weighted by Gasteiger charge is 2.28. The minimum atomic E-state index is -1.02. The molecule has 2 rings (SSSR count). The lowest BCUT2D eigenvalue weighted by molar-refractivity contribution is -0.146. The lowest BCUT2D eigenvalue weighted by Crippen LogP contribution is -2.39. The number of nitrogens with zero attached hydrogens (tertiary/aromatic N) is 3. The van der Waals surface area contributed by atoms with Crippen LogP contribution in [0.5, 0.6) is 0 Å². The number of carbonyl (C=O) groups excluding carboxylic acids is 1. The van der Waals surface area contributed by atoms with Crippen molar-refractivity contribution >= 4 is 22.9 Å². The van der Waals surface area contributed by atoms with Gasteiger partial charge >= 0.3 is 5.97 Å². The highest BCUT2D eigenvalue weighted by Crippen LogP contribution is 2.20. The van der Waals surface area contributed by atoms with Crippen LogP contribution in [0.3, 0.4) is 0 Å². The van der Waals surface area contributed by atoms with Crippen LogP contribution in [0.4, 0.5) is 0 Å². The minimum Gasteiger partial charge on any atom is -0.481 e. The summed E-state index contributed by atoms with van der Waals surface area (Å²) in [5.74, 6) is -1.29. The summed E-state index contributed by atoms with van der Waals surface area (Å²) in [5.41, 5.74) is 0.733. The Morgan fingerprint density at radius 1 is 1.39 bits per heavy atom. The normalized spacial score (nSPS) is 11.9. The van der Waals surface area contributed by atoms with Crippen molar-refractivity contribution in [2.45, 2.75) is 40.7 Å². The number of aromatic nitrogens is 3. The molecule has 1 amide bonds. The number of carboxylic acid groups (broad SMARTS) is 1. The van der Waals surface area contributed by atoms with E-state index >= 15 is 0 Å². The van der Waals surface area contributed by atoms with Crippen molar-refractivity contribution in [1.82, 2.24) is 20.1 Å². The molecule has 0 aliphatic rings. The largest absolute Gasteiger partial charge is 0.481 e. The van der Waals surface area contributed by atoms with Gasteiger partial charge < -0.3 is 10.4 Å². The molecule has 0 bridgehead atoms. The SMILES string of the molecule is Cc1nc2c(cnn2C(C)C)cc1C(=O)NCC(C)(C)C(=O)O. The maximum Gasteiger partial charge on any atom is 0.310 e. The van der Waals surface area contributed by atoms with Crippen molar-refractivity contribution in [3.05, 3.63) is 23.5 Å². The van der Waals surface area contributed by atoms with Crippen molar-refractivity contribution in [2.24, 2.45) is 5.41 Å². The zero-order valence-electron chi connectivity index (χ0n) is 14.0. The van der Waals surface area contributed by atoms with Crippen molar-refractivity contribution in [3.63, 3.8) is 0 Å². The molecule has 0 saturated carbocycles. The van der Waals surface area contributed by atoms with Crippen molar-refractivity contribution in [3.8, 4) is 0 Å². The second-order valence-corrected chi connectivity index (χ2v) is 6.59. The molecular formula is C16H22N4O3. The second kappa shape index (κ2) is 5.98. The van der Waals surface area contributed by atoms with Gasteiger partial charge in [-0.1, -0.05) is 0 Å². The molecule has 7 nitrogen and oxygen atoms in total. The van der Waals surface area contributed by atoms with Crippen molar-refractivity contribution < 1.29 is 14.7 Å². The van der Waals surface area contributed by atoms with Crippen LogP contribution >= 0.6 is 0 Å². The molecule has 0 radical (unpaired) electrons. The zero-order valence-corrected chi connectivity index (χ0v) is 14.0. The predicted molar refractivity (Wildman–Crippen MR) is 86.4 cm³/mol. The van der Waals surface area contributed by atoms with Gasteiger partial charge in [0.25, 0.3) is 5.91 Å². The average molecular weight is 318 g/mol. The molecule has 7 heteroatoms. The van der Waals surface area contributed by atoms with Gasteiger partial charge in [-0.25, -0.2) is 9.67 Å². The molecule has 2 heterocycles. The van der Waals surface area contributed by atoms with Gasteiger partial charge in [0.05, 0.1) is 22.9 Å². The van der Waals surface area contributed by atoms with E-state index in [9.17, 15) is 9.59 Å². The van der Waals surface area contributed by atoms with E-state index in [-0.39, 0.29) is 18.5 Å². The number of carbonyl (C=O) groups is 2. The molecule has 0 atom stereocenters. The Morgan fingerprint density at radius 3 is 2.61 bits per heavy atom. The van der Waals surface area contributed by atoms with Crippen LogP contribution < -0.4 is 5.32 Å². The quantitative estimate of drug-likeness (QED) is 0.880. The Labute approximate surface area is 134 Å². The van der Waals surface area contributed by atoms with E-state index < -0.39 is 11.4 Å². The van der Waals surface area contributed by atoms with E-state index in [1.165, 1.54) is 0 Å². The molecule has 0 spiro atoms. The fourth-order valence-corrected chi connectivity index (χ4v) is 2.15. The number of rotatable bonds is 5. The van der Waals surface area contributed by atoms with E-state index in [0.29, 0.717) is 11.3 Å². The van der Waals surface area contributed by atoms with E-state index in [0.717, 1.165) is 11.0 Å². The topological polar surface area (TPSA) is 97.1 Å². The van der Waals surface area contributed by atoms with Gasteiger partial charge in [0.15, 0.2) is 5.65 Å². The molecule has 0 aliphatic heterocycles. The molecule has 2 aromatic rings. The Hall–Kier alpha value is -2.44. The zero-order chi connectivity index (χ0) is 17.4. The summed E-state index contributed by atoms with van der Waals surface area (Å²) < 4.78 is 1.80. The molecule has 124 valence electrons. The van der Waals surface area contributed by atoms with Gasteiger partial charge in [0, 0.05) is 18.0 Å². The highest BCUT2D eigenvalue weighted by atomic mass is 16.4. The van der Waals surface area contributed by atoms with Crippen LogP contribution in [0, 0.1) is 12.3 Å². The standard InChI is InChI=1S/C16H22N4O3/c1-9(2)20-13-11(7-18-20)6-12(10(3)19-13)14(21)17-8-16(4,5)15(22)23/h6-7,9H,8H2,1-5H3,(H,17,21)(H,22,23). The Kier molecular flexibility index (Phi) is 4.40. The molecule has 0 aliphatic carbocycles. The summed E-state index contributed by atoms with van der Waals surface area (Å²) in [6, 6.07) is 1.92. The first-order valence-corrected chi connectivity index (χ1v) is 7.50. The summed E-state index contributed by atoms with van der Waals surface area (Å²) in [6.07, 6.45) is 1.68. The van der Waals surface area contributed by atoms with Crippen LogP contribution in [0.2, 0.25) is 0 Å². The van der Waals surface area contributed by atoms with Gasteiger partial charge in [0.1, 0.15) is 0 Å². The molecular weight excluding hydrogens is 296 g/mol. The minimum absolute atomic E-state index is 0.0455. The first kappa shape index (κ1) is 16.9. The average Bonchev–Trinajstić information content (AvgIpc) is 2.86. The van der Waals surface area contributed by atoms with Gasteiger partial charge in [-0.2, -0.15) is 5.10 Å². The second-order valence-electron chi connectivity index (χ2n) is 6.59. The van der Waals surface area contributed by atoms with Gasteiger partial charge in [-0.05, 0) is 40.7 Å². The number of pyridine rings is 1. The number of fused-ring (bicyclic) bond motifs is 1. The number of aliphatic carboxylic acids is 1. The molecule has 2 aromatic heterocycles. The summed E-state index contributed by atoms with van der Waals surface area (Å²) in [7, 11) is 0. The number of hydrogen-bond acceptors (Lipinski definition) is 4. The molecule has 0 fully saturated rings. The summed E-state index contributed by atoms with van der Waals surface area (Å²) in [6.45, 7) is 8.96. The maximum absolute atomic E-state index is 12.3. The van der Waals surface area contributed by atoms with Crippen LogP contribution in [-0.4, -0.2) is 38.3 Å². The van der Waals surface area contributed by atoms with Gasteiger partial charge in [0.2, 0.25) is 0 Å². The molecule has 23 heavy (non-hydrogen) atoms. The third kappa shape index (κ3) is 3.33. The number of nitrogens with one attached hydrogen (secondary N) is 1. The monoisotopic (exact) mass is 318 g/mol. The van der Waals surface area contributed by atoms with Crippen molar-refractivity contribution in [1.29, 1.82) is 0 Å². The van der Waals surface area contributed by atoms with E-state index in [1.54, 1.807) is 37.7 Å². The third-order valence-electron chi connectivity index (χ3n) is 3.76. The van der Waals surface area contributed by atoms with Crippen molar-refractivity contribution in [2.75, 3.05) is 6.54 Å². The van der Waals surface area contributed by atoms with Crippen LogP contribution in [0.1, 0.15) is 49.8 Å². The predicted octanol–water partition coefficient (Wildman–Crippen LogP) is 2.16. The fourth-order valence-electron chi connectivity index (χ4n) is 2.15. The molecule has 0 saturated heterocycles. The summed E-state index contributed by atoms with van der Waals surface area (Å²) >= 11 is 0. The number of aryl methyl sites for hydroxylation is 1. The number of amides is 1. The van der Waals surface area contributed by atoms with E-state index in [4.69, 9.17) is 5.11 Å². The lowest BCUT2D eigenvalue weighted by atomic mass is 9.94. The molecule has 2 N–H and O–H groups in total. The summed E-state index contributed by atoms with van der Waals surface area (Å²) in [5, 5.41) is 16.8. The first-order chi connectivity index (χ1) is 10.6. The Morgan fingerprint density at radius 2 is 2.04 bits per heavy atom. The highest BCUT2D eigenvalue weighted by molar-refractivity contribution is 5.98. The Bertz CT molecular complexity index is 762. The number of carboxylic acids is 1. The fraction of sp³-hybridized carbons (Fsp3) is 0.500. The van der Waals surface area contributed by atoms with Crippen LogP contribution in [-0.2, 0) is 4.79 Å². The maximum atomic E-state index is 12.3. The summed E-state index contributed by atoms with van der Waals surface area (Å²) in [4.78, 5) is 27.9. The van der Waals surface area contributed by atoms with Gasteiger partial charge in [-0.15, -0.1) is 0 Å². The van der Waals surface area contributed by atoms with Crippen LogP contribution in [0.15, 0.2) is 12.3 Å². The third-order valence-corrected chi connectivity index (χ3v) is 3.76. The van der Waals surface area contributed by atoms with E-state index in [1.807, 2.05) is 13.8 Å². The van der Waals surface area contributed by atoms with Gasteiger partial charge in [-0.3, -0.25) is 9.59 Å². The lowest BCUT2D eigenvalue weighted by Gasteiger charge is -2.19.